The van der Waals surface area contributed by atoms with Crippen molar-refractivity contribution in [1.29, 1.82) is 0 Å². The number of nitrogens with zero attached hydrogens (tertiary/aromatic N) is 1. The molecule has 0 spiro atoms. The number of hydrogen-bond acceptors (Lipinski definition) is 5. The van der Waals surface area contributed by atoms with E-state index in [4.69, 9.17) is 33.0 Å². The zero-order chi connectivity index (χ0) is 18.0. The topological polar surface area (TPSA) is 42.7 Å². The molecule has 2 heterocycles. The van der Waals surface area contributed by atoms with Crippen molar-refractivity contribution in [3.8, 4) is 5.75 Å². The van der Waals surface area contributed by atoms with E-state index >= 15 is 0 Å². The van der Waals surface area contributed by atoms with Gasteiger partial charge in [-0.1, -0.05) is 35.6 Å². The highest BCUT2D eigenvalue weighted by Gasteiger charge is 2.30. The lowest BCUT2D eigenvalue weighted by molar-refractivity contribution is -0.121. The number of halogens is 1. The van der Waals surface area contributed by atoms with Crippen molar-refractivity contribution in [2.75, 3.05) is 6.54 Å². The first kappa shape index (κ1) is 18.0. The average Bonchev–Trinajstić information content (AvgIpc) is 3.13. The summed E-state index contributed by atoms with van der Waals surface area (Å²) in [6.45, 7) is 4.69. The second-order valence-corrected chi connectivity index (χ2v) is 7.51. The minimum absolute atomic E-state index is 0.0802. The van der Waals surface area contributed by atoms with Gasteiger partial charge < -0.3 is 9.15 Å². The summed E-state index contributed by atoms with van der Waals surface area (Å²) in [5.41, 5.74) is 0.956. The Morgan fingerprint density at radius 1 is 1.36 bits per heavy atom. The lowest BCUT2D eigenvalue weighted by Gasteiger charge is -2.09. The number of rotatable bonds is 5. The molecule has 4 nitrogen and oxygen atoms in total. The van der Waals surface area contributed by atoms with Crippen molar-refractivity contribution in [2.45, 2.75) is 20.5 Å². The lowest BCUT2D eigenvalue weighted by atomic mass is 10.2. The number of benzene rings is 1. The van der Waals surface area contributed by atoms with Crippen LogP contribution in [0.25, 0.3) is 6.08 Å². The maximum Gasteiger partial charge on any atom is 0.266 e. The molecular weight excluding hydrogens is 378 g/mol. The van der Waals surface area contributed by atoms with Crippen LogP contribution in [0.2, 0.25) is 5.02 Å². The molecule has 0 N–H and O–H groups in total. The van der Waals surface area contributed by atoms with Crippen molar-refractivity contribution in [1.82, 2.24) is 4.90 Å². The zero-order valence-corrected chi connectivity index (χ0v) is 16.1. The van der Waals surface area contributed by atoms with Crippen molar-refractivity contribution in [3.63, 3.8) is 0 Å². The molecule has 3 rings (SSSR count). The average molecular weight is 394 g/mol. The molecule has 1 aliphatic heterocycles. The van der Waals surface area contributed by atoms with Gasteiger partial charge in [0, 0.05) is 17.6 Å². The predicted octanol–water partition coefficient (Wildman–Crippen LogP) is 5.04. The molecule has 1 fully saturated rings. The number of hydrogen-bond donors (Lipinski definition) is 0. The lowest BCUT2D eigenvalue weighted by Crippen LogP contribution is -2.27. The number of thioether (sulfide) groups is 1. The molecule has 1 aromatic heterocycles. The van der Waals surface area contributed by atoms with E-state index in [0.717, 1.165) is 11.3 Å². The van der Waals surface area contributed by atoms with Crippen LogP contribution in [0.15, 0.2) is 39.7 Å². The first-order valence-corrected chi connectivity index (χ1v) is 9.31. The summed E-state index contributed by atoms with van der Waals surface area (Å²) in [4.78, 5) is 14.3. The molecule has 0 bridgehead atoms. The summed E-state index contributed by atoms with van der Waals surface area (Å²) in [7, 11) is 0. The van der Waals surface area contributed by atoms with Crippen molar-refractivity contribution in [3.05, 3.63) is 57.3 Å². The summed E-state index contributed by atoms with van der Waals surface area (Å²) in [5, 5.41) is 0.706. The Morgan fingerprint density at radius 3 is 2.84 bits per heavy atom. The van der Waals surface area contributed by atoms with Crippen LogP contribution in [0, 0.1) is 6.92 Å². The maximum atomic E-state index is 12.2. The Hall–Kier alpha value is -1.76. The Kier molecular flexibility index (Phi) is 5.51. The summed E-state index contributed by atoms with van der Waals surface area (Å²) in [5.74, 6) is 1.92. The fourth-order valence-corrected chi connectivity index (χ4v) is 3.79. The number of likely N-dealkylation sites (N-methyl/N-ethyl adjacent to an activating group) is 1. The van der Waals surface area contributed by atoms with Crippen LogP contribution >= 0.6 is 35.6 Å². The number of ether oxygens (including phenoxy) is 1. The molecule has 0 radical (unpaired) electrons. The quantitative estimate of drug-likeness (QED) is 0.525. The third kappa shape index (κ3) is 4.08. The molecule has 0 atom stereocenters. The second kappa shape index (κ2) is 7.64. The van der Waals surface area contributed by atoms with Gasteiger partial charge in [-0.15, -0.1) is 0 Å². The number of carbonyl (C=O) groups is 1. The normalized spacial score (nSPS) is 16.1. The van der Waals surface area contributed by atoms with Gasteiger partial charge >= 0.3 is 0 Å². The third-order valence-electron chi connectivity index (χ3n) is 3.66. The SMILES string of the molecule is CCN1C(=O)/C(=C\c2ccc(COc3ccc(Cl)c(C)c3)o2)SC1=S. The van der Waals surface area contributed by atoms with Crippen LogP contribution in [0.4, 0.5) is 0 Å². The van der Waals surface area contributed by atoms with E-state index in [1.807, 2.05) is 38.1 Å². The highest BCUT2D eigenvalue weighted by molar-refractivity contribution is 8.26. The smallest absolute Gasteiger partial charge is 0.266 e. The van der Waals surface area contributed by atoms with Crippen LogP contribution in [0.3, 0.4) is 0 Å². The minimum Gasteiger partial charge on any atom is -0.486 e. The summed E-state index contributed by atoms with van der Waals surface area (Å²) >= 11 is 12.5. The molecule has 0 unspecified atom stereocenters. The van der Waals surface area contributed by atoms with Crippen LogP contribution in [-0.2, 0) is 11.4 Å². The van der Waals surface area contributed by atoms with Gasteiger partial charge in [-0.25, -0.2) is 0 Å². The molecular formula is C18H16ClNO3S2. The van der Waals surface area contributed by atoms with E-state index in [9.17, 15) is 4.79 Å². The fraction of sp³-hybridized carbons (Fsp3) is 0.222. The molecule has 0 saturated carbocycles. The second-order valence-electron chi connectivity index (χ2n) is 5.43. The maximum absolute atomic E-state index is 12.2. The van der Waals surface area contributed by atoms with Gasteiger partial charge in [0.1, 0.15) is 28.2 Å². The zero-order valence-electron chi connectivity index (χ0n) is 13.7. The third-order valence-corrected chi connectivity index (χ3v) is 5.46. The van der Waals surface area contributed by atoms with E-state index < -0.39 is 0 Å². The predicted molar refractivity (Wildman–Crippen MR) is 105 cm³/mol. The Labute approximate surface area is 160 Å². The molecule has 0 aliphatic carbocycles. The van der Waals surface area contributed by atoms with Gasteiger partial charge in [-0.2, -0.15) is 0 Å². The number of aryl methyl sites for hydroxylation is 1. The van der Waals surface area contributed by atoms with E-state index in [0.29, 0.717) is 38.9 Å². The minimum atomic E-state index is -0.0802. The van der Waals surface area contributed by atoms with E-state index in [2.05, 4.69) is 0 Å². The summed E-state index contributed by atoms with van der Waals surface area (Å²) in [6, 6.07) is 9.13. The Bertz CT molecular complexity index is 860. The van der Waals surface area contributed by atoms with E-state index in [1.165, 1.54) is 11.8 Å². The molecule has 7 heteroatoms. The van der Waals surface area contributed by atoms with Crippen molar-refractivity contribution >= 4 is 51.9 Å². The fourth-order valence-electron chi connectivity index (χ4n) is 2.31. The monoisotopic (exact) mass is 393 g/mol. The van der Waals surface area contributed by atoms with Gasteiger partial charge in [0.25, 0.3) is 5.91 Å². The molecule has 130 valence electrons. The van der Waals surface area contributed by atoms with Crippen LogP contribution in [0.5, 0.6) is 5.75 Å². The standard InChI is InChI=1S/C18H16ClNO3S2/c1-3-20-17(21)16(25-18(20)24)9-13-4-5-14(23-13)10-22-12-6-7-15(19)11(2)8-12/h4-9H,3,10H2,1-2H3/b16-9+. The first-order valence-electron chi connectivity index (χ1n) is 7.71. The first-order chi connectivity index (χ1) is 12.0. The Balaban J connectivity index is 1.66. The summed E-state index contributed by atoms with van der Waals surface area (Å²) in [6.07, 6.45) is 1.71. The summed E-state index contributed by atoms with van der Waals surface area (Å²) < 4.78 is 12.0. The molecule has 1 aliphatic rings. The van der Waals surface area contributed by atoms with Crippen LogP contribution < -0.4 is 4.74 Å². The molecule has 25 heavy (non-hydrogen) atoms. The number of carbonyl (C=O) groups excluding carboxylic acids is 1. The number of amides is 1. The van der Waals surface area contributed by atoms with Gasteiger partial charge in [0.2, 0.25) is 0 Å². The number of thiocarbonyl (C=S) groups is 1. The van der Waals surface area contributed by atoms with Gasteiger partial charge in [-0.3, -0.25) is 9.69 Å². The van der Waals surface area contributed by atoms with Crippen molar-refractivity contribution < 1.29 is 13.9 Å². The van der Waals surface area contributed by atoms with Crippen LogP contribution in [0.1, 0.15) is 24.0 Å². The van der Waals surface area contributed by atoms with Gasteiger partial charge in [0.15, 0.2) is 0 Å². The largest absolute Gasteiger partial charge is 0.486 e. The van der Waals surface area contributed by atoms with Gasteiger partial charge in [0.05, 0.1) is 4.91 Å². The highest BCUT2D eigenvalue weighted by Crippen LogP contribution is 2.32. The van der Waals surface area contributed by atoms with Gasteiger partial charge in [-0.05, 0) is 49.7 Å². The highest BCUT2D eigenvalue weighted by atomic mass is 35.5. The molecule has 2 aromatic rings. The molecule has 1 saturated heterocycles. The number of furan rings is 1. The Morgan fingerprint density at radius 2 is 2.16 bits per heavy atom. The van der Waals surface area contributed by atoms with Crippen LogP contribution in [-0.4, -0.2) is 21.7 Å². The van der Waals surface area contributed by atoms with E-state index in [-0.39, 0.29) is 5.91 Å². The molecule has 1 aromatic carbocycles. The van der Waals surface area contributed by atoms with Crippen molar-refractivity contribution in [2.24, 2.45) is 0 Å². The molecule has 1 amide bonds. The van der Waals surface area contributed by atoms with E-state index in [1.54, 1.807) is 17.0 Å².